The third-order valence-electron chi connectivity index (χ3n) is 7.41. The van der Waals surface area contributed by atoms with Crippen molar-refractivity contribution >= 4 is 46.4 Å². The number of aryl methyl sites for hydroxylation is 1. The van der Waals surface area contributed by atoms with E-state index >= 15 is 0 Å². The summed E-state index contributed by atoms with van der Waals surface area (Å²) >= 11 is 12.7. The minimum atomic E-state index is -1.71. The van der Waals surface area contributed by atoms with E-state index in [0.717, 1.165) is 5.56 Å². The quantitative estimate of drug-likeness (QED) is 0.336. The van der Waals surface area contributed by atoms with Crippen LogP contribution in [0.5, 0.6) is 11.9 Å². The molecule has 2 aliphatic rings. The number of amides is 2. The maximum absolute atomic E-state index is 14.5. The summed E-state index contributed by atoms with van der Waals surface area (Å²) in [5.74, 6) is -0.639. The van der Waals surface area contributed by atoms with Crippen LogP contribution < -0.4 is 19.7 Å². The minimum Gasteiger partial charge on any atom is -0.480 e. The molecular weight excluding hydrogens is 571 g/mol. The largest absolute Gasteiger partial charge is 0.480 e. The highest BCUT2D eigenvalue weighted by molar-refractivity contribution is 6.32. The number of benzene rings is 2. The molecule has 0 aliphatic carbocycles. The molecule has 0 saturated carbocycles. The van der Waals surface area contributed by atoms with Crippen LogP contribution in [0.3, 0.4) is 0 Å². The molecule has 2 atom stereocenters. The number of nitrogens with zero attached hydrogens (tertiary/aromatic N) is 5. The molecule has 210 valence electrons. The number of carbonyl (C=O) groups excluding carboxylic acids is 2. The van der Waals surface area contributed by atoms with Gasteiger partial charge in [-0.2, -0.15) is 4.98 Å². The number of fused-ring (bicyclic) bond motifs is 4. The second-order valence-corrected chi connectivity index (χ2v) is 10.6. The third-order valence-corrected chi connectivity index (χ3v) is 7.88. The fraction of sp³-hybridized carbons (Fsp3) is 0.250. The van der Waals surface area contributed by atoms with Crippen LogP contribution in [0.1, 0.15) is 40.3 Å². The van der Waals surface area contributed by atoms with Crippen LogP contribution in [0.25, 0.3) is 11.4 Å². The van der Waals surface area contributed by atoms with Crippen molar-refractivity contribution in [1.82, 2.24) is 19.5 Å². The molecule has 2 aliphatic heterocycles. The average Bonchev–Trinajstić information content (AvgIpc) is 3.57. The first-order valence-electron chi connectivity index (χ1n) is 12.6. The minimum absolute atomic E-state index is 0.0236. The van der Waals surface area contributed by atoms with Gasteiger partial charge in [0.2, 0.25) is 5.88 Å². The smallest absolute Gasteiger partial charge is 0.319 e. The van der Waals surface area contributed by atoms with E-state index in [9.17, 15) is 14.7 Å². The zero-order chi connectivity index (χ0) is 29.2. The molecule has 6 rings (SSSR count). The summed E-state index contributed by atoms with van der Waals surface area (Å²) in [7, 11) is 2.86. The first-order valence-corrected chi connectivity index (χ1v) is 13.3. The zero-order valence-electron chi connectivity index (χ0n) is 22.4. The number of methoxy groups -OCH3 is 2. The van der Waals surface area contributed by atoms with Crippen molar-refractivity contribution in [3.05, 3.63) is 75.2 Å². The molecule has 4 aromatic rings. The lowest BCUT2D eigenvalue weighted by Crippen LogP contribution is -2.51. The Kier molecular flexibility index (Phi) is 6.40. The molecule has 4 heterocycles. The number of carbonyl (C=O) groups is 2. The predicted molar refractivity (Wildman–Crippen MR) is 152 cm³/mol. The van der Waals surface area contributed by atoms with E-state index in [1.807, 2.05) is 6.92 Å². The number of imidazole rings is 1. The highest BCUT2D eigenvalue weighted by atomic mass is 35.5. The summed E-state index contributed by atoms with van der Waals surface area (Å²) < 4.78 is 12.3. The third kappa shape index (κ3) is 3.73. The summed E-state index contributed by atoms with van der Waals surface area (Å²) in [6.45, 7) is 3.25. The number of hydrogen-bond acceptors (Lipinski definition) is 8. The lowest BCUT2D eigenvalue weighted by molar-refractivity contribution is -0.119. The Hall–Kier alpha value is -4.19. The monoisotopic (exact) mass is 594 g/mol. The normalized spacial score (nSPS) is 18.0. The lowest BCUT2D eigenvalue weighted by Gasteiger charge is -2.36. The summed E-state index contributed by atoms with van der Waals surface area (Å²) in [4.78, 5) is 43.5. The van der Waals surface area contributed by atoms with E-state index < -0.39 is 23.4 Å². The van der Waals surface area contributed by atoms with Gasteiger partial charge in [0.1, 0.15) is 5.82 Å². The predicted octanol–water partition coefficient (Wildman–Crippen LogP) is 4.38. The molecule has 0 fully saturated rings. The van der Waals surface area contributed by atoms with Gasteiger partial charge < -0.3 is 24.5 Å². The van der Waals surface area contributed by atoms with Crippen molar-refractivity contribution in [2.75, 3.05) is 31.0 Å². The van der Waals surface area contributed by atoms with Crippen LogP contribution in [0.15, 0.2) is 42.6 Å². The molecule has 11 nitrogen and oxygen atoms in total. The number of anilines is 2. The SMILES string of the molecule is COc1ncc(-c2nc3c(n2C(C)CO)C2(C(=O)Nc4cc(Cl)ccc42)N(c2cc(Cl)ccc2C)C3=O)c(OC)n1. The van der Waals surface area contributed by atoms with Crippen molar-refractivity contribution < 1.29 is 24.2 Å². The van der Waals surface area contributed by atoms with Gasteiger partial charge in [-0.15, -0.1) is 0 Å². The lowest BCUT2D eigenvalue weighted by atomic mass is 9.86. The summed E-state index contributed by atoms with van der Waals surface area (Å²) in [5, 5.41) is 14.1. The Morgan fingerprint density at radius 3 is 2.51 bits per heavy atom. The maximum atomic E-state index is 14.5. The van der Waals surface area contributed by atoms with Gasteiger partial charge in [-0.05, 0) is 43.7 Å². The molecule has 2 aromatic heterocycles. The molecule has 0 bridgehead atoms. The number of ether oxygens (including phenoxy) is 2. The van der Waals surface area contributed by atoms with E-state index in [1.165, 1.54) is 25.3 Å². The summed E-state index contributed by atoms with van der Waals surface area (Å²) in [6.07, 6.45) is 1.46. The number of nitrogens with one attached hydrogen (secondary N) is 1. The number of aromatic nitrogens is 4. The molecule has 0 radical (unpaired) electrons. The number of aliphatic hydroxyl groups excluding tert-OH is 1. The van der Waals surface area contributed by atoms with Gasteiger partial charge in [-0.3, -0.25) is 14.5 Å². The molecule has 13 heteroatoms. The first kappa shape index (κ1) is 27.0. The standard InChI is InChI=1S/C28H24Cl2N6O5/c1-13-5-6-16(30)10-20(13)36-25(38)21-22(28(36)18-8-7-15(29)9-19(18)32-26(28)39)35(14(2)12-37)23(33-21)17-11-31-27(41-4)34-24(17)40-3/h5-11,14,37H,12H2,1-4H3,(H,32,39). The Balaban J connectivity index is 1.74. The van der Waals surface area contributed by atoms with Crippen LogP contribution in [-0.2, 0) is 10.3 Å². The van der Waals surface area contributed by atoms with Gasteiger partial charge in [0.25, 0.3) is 11.8 Å². The van der Waals surface area contributed by atoms with Crippen molar-refractivity contribution in [2.24, 2.45) is 0 Å². The molecule has 2 N–H and O–H groups in total. The summed E-state index contributed by atoms with van der Waals surface area (Å²) in [5.41, 5.74) is 1.02. The van der Waals surface area contributed by atoms with Gasteiger partial charge in [-0.1, -0.05) is 35.3 Å². The molecule has 1 spiro atoms. The van der Waals surface area contributed by atoms with Crippen molar-refractivity contribution in [3.63, 3.8) is 0 Å². The fourth-order valence-corrected chi connectivity index (χ4v) is 5.93. The Morgan fingerprint density at radius 2 is 1.80 bits per heavy atom. The number of hydrogen-bond donors (Lipinski definition) is 2. The van der Waals surface area contributed by atoms with E-state index in [-0.39, 0.29) is 35.7 Å². The van der Waals surface area contributed by atoms with E-state index in [0.29, 0.717) is 32.5 Å². The van der Waals surface area contributed by atoms with E-state index in [1.54, 1.807) is 47.9 Å². The van der Waals surface area contributed by atoms with E-state index in [4.69, 9.17) is 37.7 Å². The number of aliphatic hydroxyl groups is 1. The van der Waals surface area contributed by atoms with Crippen molar-refractivity contribution in [1.29, 1.82) is 0 Å². The van der Waals surface area contributed by atoms with Crippen LogP contribution in [-0.4, -0.2) is 57.3 Å². The fourth-order valence-electron chi connectivity index (χ4n) is 5.59. The van der Waals surface area contributed by atoms with Gasteiger partial charge >= 0.3 is 6.01 Å². The van der Waals surface area contributed by atoms with Gasteiger partial charge in [0.15, 0.2) is 11.2 Å². The number of halogens is 2. The zero-order valence-corrected chi connectivity index (χ0v) is 23.9. The van der Waals surface area contributed by atoms with Crippen molar-refractivity contribution in [3.8, 4) is 23.3 Å². The molecule has 0 saturated heterocycles. The molecular formula is C28H24Cl2N6O5. The van der Waals surface area contributed by atoms with Gasteiger partial charge in [0.05, 0.1) is 43.8 Å². The molecule has 2 unspecified atom stereocenters. The number of rotatable bonds is 6. The highest BCUT2D eigenvalue weighted by Crippen LogP contribution is 2.55. The topological polar surface area (TPSA) is 132 Å². The second-order valence-electron chi connectivity index (χ2n) is 9.74. The van der Waals surface area contributed by atoms with Gasteiger partial charge in [0, 0.05) is 27.5 Å². The van der Waals surface area contributed by atoms with Gasteiger partial charge in [-0.25, -0.2) is 9.97 Å². The Morgan fingerprint density at radius 1 is 1.07 bits per heavy atom. The highest BCUT2D eigenvalue weighted by Gasteiger charge is 2.64. The maximum Gasteiger partial charge on any atom is 0.319 e. The van der Waals surface area contributed by atoms with Crippen LogP contribution >= 0.6 is 23.2 Å². The molecule has 41 heavy (non-hydrogen) atoms. The molecule has 2 aromatic carbocycles. The summed E-state index contributed by atoms with van der Waals surface area (Å²) in [6, 6.07) is 9.57. The first-order chi connectivity index (χ1) is 19.7. The van der Waals surface area contributed by atoms with Crippen molar-refractivity contribution in [2.45, 2.75) is 25.4 Å². The second kappa shape index (κ2) is 9.72. The van der Waals surface area contributed by atoms with Crippen LogP contribution in [0.2, 0.25) is 10.0 Å². The average molecular weight is 595 g/mol. The molecule has 2 amide bonds. The van der Waals surface area contributed by atoms with E-state index in [2.05, 4.69) is 15.3 Å². The van der Waals surface area contributed by atoms with Crippen LogP contribution in [0.4, 0.5) is 11.4 Å². The Labute approximate surface area is 244 Å². The van der Waals surface area contributed by atoms with Crippen LogP contribution in [0, 0.1) is 6.92 Å². The Bertz CT molecular complexity index is 1760.